The summed E-state index contributed by atoms with van der Waals surface area (Å²) in [6.07, 6.45) is 13.3. The molecule has 1 aromatic carbocycles. The summed E-state index contributed by atoms with van der Waals surface area (Å²) in [7, 11) is -3.50. The van der Waals surface area contributed by atoms with E-state index in [0.717, 1.165) is 30.4 Å². The first kappa shape index (κ1) is 41.8. The van der Waals surface area contributed by atoms with Crippen molar-refractivity contribution in [3.8, 4) is 12.3 Å². The van der Waals surface area contributed by atoms with Gasteiger partial charge in [0.25, 0.3) is 0 Å². The van der Waals surface area contributed by atoms with Crippen molar-refractivity contribution in [1.82, 2.24) is 4.90 Å². The first-order chi connectivity index (χ1) is 25.4. The lowest BCUT2D eigenvalue weighted by molar-refractivity contribution is -0.147. The lowest BCUT2D eigenvalue weighted by atomic mass is 9.71. The molecule has 294 valence electrons. The number of allylic oxidation sites excluding steroid dienone is 1. The van der Waals surface area contributed by atoms with Crippen molar-refractivity contribution in [3.05, 3.63) is 48.0 Å². The van der Waals surface area contributed by atoms with Gasteiger partial charge in [-0.1, -0.05) is 63.5 Å². The minimum atomic E-state index is -3.50. The standard InChI is InChI=1S/C45H61NO7S/c1-8-10-17-32(41(50)37(48)20-11-9-2)25-38(49)40-39-36(44(39,6)7)28-46(40)42(51)35(33-23-30-18-13-14-19-31(30)24-33)26-34(47)27-45(21-15-12-16-22-45)29-54(52,53)43(3,4)5/h1,9,13-14,18-19,32-33,35-36,39-40H,2,10-12,15-17,20-29H2,3-7H3/t32?,35-,36?,39-,40+/m0/s1. The molecule has 0 radical (unpaired) electrons. The van der Waals surface area contributed by atoms with Crippen LogP contribution in [0.15, 0.2) is 36.9 Å². The van der Waals surface area contributed by atoms with E-state index < -0.39 is 49.4 Å². The second-order valence-corrected chi connectivity index (χ2v) is 21.3. The number of nitrogens with zero attached hydrogens (tertiary/aromatic N) is 1. The van der Waals surface area contributed by atoms with Crippen LogP contribution in [-0.2, 0) is 46.7 Å². The Morgan fingerprint density at radius 3 is 2.22 bits per heavy atom. The second-order valence-electron chi connectivity index (χ2n) is 18.5. The Kier molecular flexibility index (Phi) is 12.7. The number of ketones is 4. The summed E-state index contributed by atoms with van der Waals surface area (Å²) in [5, 5.41) is 0. The first-order valence-electron chi connectivity index (χ1n) is 20.1. The van der Waals surface area contributed by atoms with E-state index in [0.29, 0.717) is 38.6 Å². The van der Waals surface area contributed by atoms with Crippen LogP contribution in [0.25, 0.3) is 0 Å². The number of hydrogen-bond acceptors (Lipinski definition) is 7. The fraction of sp³-hybridized carbons (Fsp3) is 0.667. The Hall–Kier alpha value is -3.38. The zero-order valence-corrected chi connectivity index (χ0v) is 34.0. The zero-order chi connectivity index (χ0) is 39.6. The van der Waals surface area contributed by atoms with Crippen LogP contribution in [0.2, 0.25) is 0 Å². The van der Waals surface area contributed by atoms with Gasteiger partial charge in [-0.05, 0) is 99.0 Å². The van der Waals surface area contributed by atoms with Crippen LogP contribution in [0.4, 0.5) is 0 Å². The van der Waals surface area contributed by atoms with Gasteiger partial charge in [-0.15, -0.1) is 18.9 Å². The maximum absolute atomic E-state index is 15.0. The Labute approximate surface area is 323 Å². The van der Waals surface area contributed by atoms with Gasteiger partial charge in [0.1, 0.15) is 5.78 Å². The number of benzene rings is 1. The number of sulfone groups is 1. The number of carbonyl (C=O) groups excluding carboxylic acids is 5. The minimum absolute atomic E-state index is 0.00791. The SMILES string of the molecule is C#CCCC(CC(=O)[C@@H]1[C@@H]2C(CN1C(=O)[C@@H](CC(=O)CC1(CS(=O)(=O)C(C)(C)C)CCCCC1)C1Cc3ccccc3C1)C2(C)C)C(=O)C(=O)CCC=C. The number of Topliss-reactive ketones (excluding diaryl/α,β-unsaturated/α-hetero) is 4. The molecule has 1 aromatic rings. The first-order valence-corrected chi connectivity index (χ1v) is 21.8. The van der Waals surface area contributed by atoms with Crippen molar-refractivity contribution in [2.45, 2.75) is 135 Å². The zero-order valence-electron chi connectivity index (χ0n) is 33.2. The Bertz CT molecular complexity index is 1760. The van der Waals surface area contributed by atoms with Gasteiger partial charge in [0, 0.05) is 50.5 Å². The molecule has 0 aromatic heterocycles. The number of carbonyl (C=O) groups is 5. The van der Waals surface area contributed by atoms with Crippen molar-refractivity contribution >= 4 is 38.9 Å². The molecule has 9 heteroatoms. The van der Waals surface area contributed by atoms with Gasteiger partial charge in [0.15, 0.2) is 21.4 Å². The molecule has 3 fully saturated rings. The summed E-state index contributed by atoms with van der Waals surface area (Å²) >= 11 is 0. The Morgan fingerprint density at radius 2 is 1.65 bits per heavy atom. The monoisotopic (exact) mass is 759 g/mol. The molecule has 0 spiro atoms. The highest BCUT2D eigenvalue weighted by Gasteiger charge is 2.69. The van der Waals surface area contributed by atoms with E-state index in [4.69, 9.17) is 6.42 Å². The van der Waals surface area contributed by atoms with E-state index in [1.807, 2.05) is 12.1 Å². The summed E-state index contributed by atoms with van der Waals surface area (Å²) in [6, 6.07) is 7.34. The van der Waals surface area contributed by atoms with E-state index in [1.165, 1.54) is 0 Å². The summed E-state index contributed by atoms with van der Waals surface area (Å²) in [6.45, 7) is 13.4. The molecule has 0 N–H and O–H groups in total. The van der Waals surface area contributed by atoms with Crippen LogP contribution in [0.5, 0.6) is 0 Å². The molecule has 1 amide bonds. The molecular formula is C45H61NO7S. The predicted molar refractivity (Wildman–Crippen MR) is 211 cm³/mol. The van der Waals surface area contributed by atoms with E-state index in [9.17, 15) is 27.6 Å². The van der Waals surface area contributed by atoms with Gasteiger partial charge in [-0.25, -0.2) is 8.42 Å². The molecule has 2 saturated carbocycles. The van der Waals surface area contributed by atoms with Crippen LogP contribution in [0, 0.1) is 52.8 Å². The normalized spacial score (nSPS) is 24.1. The molecule has 0 bridgehead atoms. The number of piperidine rings is 1. The molecule has 2 unspecified atom stereocenters. The molecule has 5 atom stereocenters. The fourth-order valence-corrected chi connectivity index (χ4v) is 11.6. The molecule has 1 aliphatic heterocycles. The van der Waals surface area contributed by atoms with Crippen molar-refractivity contribution in [2.75, 3.05) is 12.3 Å². The van der Waals surface area contributed by atoms with E-state index in [1.54, 1.807) is 31.7 Å². The third-order valence-corrected chi connectivity index (χ3v) is 16.3. The van der Waals surface area contributed by atoms with E-state index in [2.05, 4.69) is 38.5 Å². The average Bonchev–Trinajstić information content (AvgIpc) is 3.46. The lowest BCUT2D eigenvalue weighted by Crippen LogP contribution is -2.50. The Balaban J connectivity index is 1.42. The second kappa shape index (κ2) is 16.4. The van der Waals surface area contributed by atoms with Crippen LogP contribution in [-0.4, -0.2) is 65.4 Å². The van der Waals surface area contributed by atoms with Crippen LogP contribution in [0.3, 0.4) is 0 Å². The maximum Gasteiger partial charge on any atom is 0.227 e. The van der Waals surface area contributed by atoms with Crippen LogP contribution in [0.1, 0.15) is 123 Å². The average molecular weight is 760 g/mol. The molecule has 1 heterocycles. The van der Waals surface area contributed by atoms with Gasteiger partial charge < -0.3 is 4.90 Å². The summed E-state index contributed by atoms with van der Waals surface area (Å²) in [5.74, 6) is -0.851. The maximum atomic E-state index is 15.0. The van der Waals surface area contributed by atoms with Crippen molar-refractivity contribution in [3.63, 3.8) is 0 Å². The minimum Gasteiger partial charge on any atom is -0.332 e. The van der Waals surface area contributed by atoms with Crippen molar-refractivity contribution in [1.29, 1.82) is 0 Å². The largest absolute Gasteiger partial charge is 0.332 e. The molecule has 8 nitrogen and oxygen atoms in total. The number of fused-ring (bicyclic) bond motifs is 2. The van der Waals surface area contributed by atoms with Gasteiger partial charge in [0.05, 0.1) is 16.5 Å². The number of hydrogen-bond donors (Lipinski definition) is 0. The highest BCUT2D eigenvalue weighted by molar-refractivity contribution is 7.92. The molecule has 3 aliphatic carbocycles. The predicted octanol–water partition coefficient (Wildman–Crippen LogP) is 7.11. The van der Waals surface area contributed by atoms with Gasteiger partial charge in [-0.3, -0.25) is 24.0 Å². The van der Waals surface area contributed by atoms with Crippen molar-refractivity contribution < 1.29 is 32.4 Å². The van der Waals surface area contributed by atoms with Crippen LogP contribution >= 0.6 is 0 Å². The lowest BCUT2D eigenvalue weighted by Gasteiger charge is -2.39. The molecular weight excluding hydrogens is 699 g/mol. The fourth-order valence-electron chi connectivity index (χ4n) is 9.99. The van der Waals surface area contributed by atoms with Gasteiger partial charge in [0.2, 0.25) is 11.7 Å². The van der Waals surface area contributed by atoms with Gasteiger partial charge in [-0.2, -0.15) is 0 Å². The quantitative estimate of drug-likeness (QED) is 0.0889. The van der Waals surface area contributed by atoms with E-state index >= 15 is 4.79 Å². The van der Waals surface area contributed by atoms with Gasteiger partial charge >= 0.3 is 0 Å². The highest BCUT2D eigenvalue weighted by Crippen LogP contribution is 2.65. The van der Waals surface area contributed by atoms with E-state index in [-0.39, 0.29) is 84.9 Å². The number of terminal acetylenes is 1. The smallest absolute Gasteiger partial charge is 0.227 e. The van der Waals surface area contributed by atoms with Crippen molar-refractivity contribution in [2.24, 2.45) is 40.4 Å². The number of rotatable bonds is 18. The summed E-state index contributed by atoms with van der Waals surface area (Å²) in [5.41, 5.74) is 1.48. The highest BCUT2D eigenvalue weighted by atomic mass is 32.2. The summed E-state index contributed by atoms with van der Waals surface area (Å²) < 4.78 is 26.1. The number of likely N-dealkylation sites (tertiary alicyclic amines) is 1. The Morgan fingerprint density at radius 1 is 1.02 bits per heavy atom. The molecule has 54 heavy (non-hydrogen) atoms. The van der Waals surface area contributed by atoms with Crippen LogP contribution < -0.4 is 0 Å². The third-order valence-electron chi connectivity index (χ3n) is 13.5. The molecule has 5 rings (SSSR count). The molecule has 4 aliphatic rings. The molecule has 1 saturated heterocycles. The topological polar surface area (TPSA) is 123 Å². The number of amides is 1. The summed E-state index contributed by atoms with van der Waals surface area (Å²) in [4.78, 5) is 71.6. The third kappa shape index (κ3) is 8.85.